The van der Waals surface area contributed by atoms with Crippen LogP contribution in [0.3, 0.4) is 0 Å². The molecule has 1 unspecified atom stereocenters. The monoisotopic (exact) mass is 333 g/mol. The van der Waals surface area contributed by atoms with Gasteiger partial charge in [0.25, 0.3) is 5.91 Å². The summed E-state index contributed by atoms with van der Waals surface area (Å²) < 4.78 is 5.13. The molecule has 2 saturated heterocycles. The van der Waals surface area contributed by atoms with E-state index in [-0.39, 0.29) is 23.6 Å². The van der Waals surface area contributed by atoms with Crippen molar-refractivity contribution in [2.75, 3.05) is 19.6 Å². The van der Waals surface area contributed by atoms with Gasteiger partial charge in [0.2, 0.25) is 11.8 Å². The van der Waals surface area contributed by atoms with Crippen LogP contribution in [0.25, 0.3) is 0 Å². The first-order chi connectivity index (χ1) is 11.6. The van der Waals surface area contributed by atoms with Gasteiger partial charge in [-0.3, -0.25) is 14.4 Å². The standard InChI is InChI=1S/C17H23N3O4/c21-15(19-13-4-1-2-8-18-16(13)22)12-6-9-20(10-7-12)17(23)14-5-3-11-24-14/h3,5,11-13H,1-2,4,6-10H2,(H,18,22)(H,19,21). The highest BCUT2D eigenvalue weighted by Gasteiger charge is 2.31. The summed E-state index contributed by atoms with van der Waals surface area (Å²) in [5.41, 5.74) is 0. The molecule has 0 radical (unpaired) electrons. The van der Waals surface area contributed by atoms with E-state index in [1.165, 1.54) is 6.26 Å². The molecule has 3 rings (SSSR count). The lowest BCUT2D eigenvalue weighted by Crippen LogP contribution is -2.49. The van der Waals surface area contributed by atoms with E-state index in [1.807, 2.05) is 0 Å². The molecule has 1 atom stereocenters. The Hall–Kier alpha value is -2.31. The minimum absolute atomic E-state index is 0.0813. The lowest BCUT2D eigenvalue weighted by molar-refractivity contribution is -0.131. The fourth-order valence-electron chi connectivity index (χ4n) is 3.27. The molecule has 2 aliphatic rings. The second kappa shape index (κ2) is 7.51. The SMILES string of the molecule is O=C(NC1CCCCNC1=O)C1CCN(C(=O)c2ccco2)CC1. The van der Waals surface area contributed by atoms with Crippen LogP contribution < -0.4 is 10.6 Å². The highest BCUT2D eigenvalue weighted by atomic mass is 16.3. The third-order valence-corrected chi connectivity index (χ3v) is 4.74. The summed E-state index contributed by atoms with van der Waals surface area (Å²) in [5.74, 6) is -0.134. The zero-order valence-corrected chi connectivity index (χ0v) is 13.6. The average molecular weight is 333 g/mol. The molecule has 2 fully saturated rings. The molecule has 2 N–H and O–H groups in total. The second-order valence-corrected chi connectivity index (χ2v) is 6.39. The summed E-state index contributed by atoms with van der Waals surface area (Å²) in [6, 6.07) is 2.90. The maximum atomic E-state index is 12.4. The van der Waals surface area contributed by atoms with Gasteiger partial charge in [-0.1, -0.05) is 0 Å². The predicted octanol–water partition coefficient (Wildman–Crippen LogP) is 0.917. The summed E-state index contributed by atoms with van der Waals surface area (Å²) in [6.45, 7) is 1.72. The van der Waals surface area contributed by atoms with E-state index >= 15 is 0 Å². The number of hydrogen-bond acceptors (Lipinski definition) is 4. The molecule has 7 nitrogen and oxygen atoms in total. The molecule has 0 saturated carbocycles. The molecule has 1 aromatic heterocycles. The number of carbonyl (C=O) groups excluding carboxylic acids is 3. The lowest BCUT2D eigenvalue weighted by atomic mass is 9.95. The van der Waals surface area contributed by atoms with E-state index < -0.39 is 6.04 Å². The molecule has 2 aliphatic heterocycles. The van der Waals surface area contributed by atoms with Crippen molar-refractivity contribution in [3.05, 3.63) is 24.2 Å². The van der Waals surface area contributed by atoms with Crippen molar-refractivity contribution in [2.24, 2.45) is 5.92 Å². The molecular weight excluding hydrogens is 310 g/mol. The molecule has 0 bridgehead atoms. The number of nitrogens with one attached hydrogen (secondary N) is 2. The van der Waals surface area contributed by atoms with Crippen LogP contribution in [-0.4, -0.2) is 48.3 Å². The van der Waals surface area contributed by atoms with Crippen LogP contribution in [0.1, 0.15) is 42.7 Å². The zero-order chi connectivity index (χ0) is 16.9. The number of amides is 3. The molecule has 1 aromatic rings. The van der Waals surface area contributed by atoms with Crippen molar-refractivity contribution in [3.63, 3.8) is 0 Å². The van der Waals surface area contributed by atoms with Crippen molar-refractivity contribution >= 4 is 17.7 Å². The highest BCUT2D eigenvalue weighted by Crippen LogP contribution is 2.20. The highest BCUT2D eigenvalue weighted by molar-refractivity contribution is 5.92. The Bertz CT molecular complexity index is 591. The van der Waals surface area contributed by atoms with Crippen LogP contribution in [-0.2, 0) is 9.59 Å². The fourth-order valence-corrected chi connectivity index (χ4v) is 3.27. The number of rotatable bonds is 3. The number of piperidine rings is 1. The van der Waals surface area contributed by atoms with E-state index in [0.717, 1.165) is 12.8 Å². The quantitative estimate of drug-likeness (QED) is 0.860. The minimum Gasteiger partial charge on any atom is -0.459 e. The number of furan rings is 1. The third-order valence-electron chi connectivity index (χ3n) is 4.74. The smallest absolute Gasteiger partial charge is 0.289 e. The zero-order valence-electron chi connectivity index (χ0n) is 13.6. The molecule has 7 heteroatoms. The number of likely N-dealkylation sites (tertiary alicyclic amines) is 1. The minimum atomic E-state index is -0.428. The van der Waals surface area contributed by atoms with Crippen molar-refractivity contribution in [2.45, 2.75) is 38.1 Å². The first-order valence-electron chi connectivity index (χ1n) is 8.56. The molecule has 3 heterocycles. The van der Waals surface area contributed by atoms with E-state index in [9.17, 15) is 14.4 Å². The third kappa shape index (κ3) is 3.77. The summed E-state index contributed by atoms with van der Waals surface area (Å²) in [7, 11) is 0. The Morgan fingerprint density at radius 3 is 2.71 bits per heavy atom. The first kappa shape index (κ1) is 16.5. The predicted molar refractivity (Wildman–Crippen MR) is 86.1 cm³/mol. The van der Waals surface area contributed by atoms with Crippen molar-refractivity contribution in [1.29, 1.82) is 0 Å². The van der Waals surface area contributed by atoms with E-state index in [0.29, 0.717) is 44.7 Å². The molecule has 130 valence electrons. The summed E-state index contributed by atoms with van der Waals surface area (Å²) >= 11 is 0. The van der Waals surface area contributed by atoms with Gasteiger partial charge >= 0.3 is 0 Å². The van der Waals surface area contributed by atoms with E-state index in [2.05, 4.69) is 10.6 Å². The molecule has 24 heavy (non-hydrogen) atoms. The van der Waals surface area contributed by atoms with Gasteiger partial charge in [-0.15, -0.1) is 0 Å². The summed E-state index contributed by atoms with van der Waals surface area (Å²) in [5, 5.41) is 5.70. The van der Waals surface area contributed by atoms with Crippen molar-refractivity contribution in [3.8, 4) is 0 Å². The molecule has 0 aromatic carbocycles. The molecule has 0 aliphatic carbocycles. The van der Waals surface area contributed by atoms with Gasteiger partial charge in [0, 0.05) is 25.6 Å². The largest absolute Gasteiger partial charge is 0.459 e. The van der Waals surface area contributed by atoms with Gasteiger partial charge in [-0.25, -0.2) is 0 Å². The molecule has 0 spiro atoms. The second-order valence-electron chi connectivity index (χ2n) is 6.39. The number of nitrogens with zero attached hydrogens (tertiary/aromatic N) is 1. The van der Waals surface area contributed by atoms with Crippen LogP contribution in [0.2, 0.25) is 0 Å². The maximum Gasteiger partial charge on any atom is 0.289 e. The Labute approximate surface area is 140 Å². The van der Waals surface area contributed by atoms with Crippen LogP contribution in [0.4, 0.5) is 0 Å². The Morgan fingerprint density at radius 2 is 2.00 bits per heavy atom. The van der Waals surface area contributed by atoms with Gasteiger partial charge in [-0.2, -0.15) is 0 Å². The number of hydrogen-bond donors (Lipinski definition) is 2. The van der Waals surface area contributed by atoms with Crippen LogP contribution >= 0.6 is 0 Å². The van der Waals surface area contributed by atoms with Crippen LogP contribution in [0, 0.1) is 5.92 Å². The van der Waals surface area contributed by atoms with Crippen LogP contribution in [0.15, 0.2) is 22.8 Å². The fraction of sp³-hybridized carbons (Fsp3) is 0.588. The van der Waals surface area contributed by atoms with Crippen molar-refractivity contribution in [1.82, 2.24) is 15.5 Å². The maximum absolute atomic E-state index is 12.4. The summed E-state index contributed by atoms with van der Waals surface area (Å²) in [6.07, 6.45) is 5.25. The number of carbonyl (C=O) groups is 3. The topological polar surface area (TPSA) is 91.7 Å². The van der Waals surface area contributed by atoms with Crippen LogP contribution in [0.5, 0.6) is 0 Å². The van der Waals surface area contributed by atoms with Crippen molar-refractivity contribution < 1.29 is 18.8 Å². The van der Waals surface area contributed by atoms with E-state index in [4.69, 9.17) is 4.42 Å². The molecular formula is C17H23N3O4. The van der Waals surface area contributed by atoms with Gasteiger partial charge in [0.05, 0.1) is 6.26 Å². The Kier molecular flexibility index (Phi) is 5.17. The summed E-state index contributed by atoms with van der Waals surface area (Å²) in [4.78, 5) is 38.3. The van der Waals surface area contributed by atoms with Gasteiger partial charge in [-0.05, 0) is 44.2 Å². The van der Waals surface area contributed by atoms with E-state index in [1.54, 1.807) is 17.0 Å². The Morgan fingerprint density at radius 1 is 1.21 bits per heavy atom. The first-order valence-corrected chi connectivity index (χ1v) is 8.56. The van der Waals surface area contributed by atoms with Gasteiger partial charge < -0.3 is 20.0 Å². The molecule has 3 amide bonds. The lowest BCUT2D eigenvalue weighted by Gasteiger charge is -2.31. The Balaban J connectivity index is 1.50. The average Bonchev–Trinajstić information content (AvgIpc) is 3.07. The van der Waals surface area contributed by atoms with Gasteiger partial charge in [0.1, 0.15) is 6.04 Å². The normalized spacial score (nSPS) is 22.6. The van der Waals surface area contributed by atoms with Gasteiger partial charge in [0.15, 0.2) is 5.76 Å².